The lowest BCUT2D eigenvalue weighted by Gasteiger charge is -2.20. The van der Waals surface area contributed by atoms with Crippen molar-refractivity contribution >= 4 is 17.3 Å². The Labute approximate surface area is 113 Å². The number of nitrogens with zero attached hydrogens (tertiary/aromatic N) is 3. The quantitative estimate of drug-likeness (QED) is 0.866. The number of hydrogen-bond acceptors (Lipinski definition) is 4. The Hall–Kier alpha value is -1.78. The highest BCUT2D eigenvalue weighted by atomic mass is 15.1. The molecule has 1 fully saturated rings. The van der Waals surface area contributed by atoms with Crippen LogP contribution in [0.5, 0.6) is 0 Å². The molecular formula is C14H21N5. The first-order valence-electron chi connectivity index (χ1n) is 6.90. The molecular weight excluding hydrogens is 238 g/mol. The van der Waals surface area contributed by atoms with Crippen LogP contribution in [-0.2, 0) is 0 Å². The van der Waals surface area contributed by atoms with Crippen LogP contribution in [0, 0.1) is 11.3 Å². The lowest BCUT2D eigenvalue weighted by molar-refractivity contribution is 0.380. The fourth-order valence-corrected chi connectivity index (χ4v) is 2.55. The van der Waals surface area contributed by atoms with Gasteiger partial charge in [0.05, 0.1) is 6.20 Å². The Bertz CT molecular complexity index is 583. The van der Waals surface area contributed by atoms with Crippen LogP contribution in [0.3, 0.4) is 0 Å². The molecule has 3 rings (SSSR count). The SMILES string of the molecule is CNc1cn2ccnc2c(NCC2(C(C)C)CC2)n1. The van der Waals surface area contributed by atoms with Crippen molar-refractivity contribution in [2.75, 3.05) is 24.2 Å². The van der Waals surface area contributed by atoms with Gasteiger partial charge in [0.1, 0.15) is 5.82 Å². The second-order valence-corrected chi connectivity index (χ2v) is 5.75. The topological polar surface area (TPSA) is 54.2 Å². The zero-order valence-corrected chi connectivity index (χ0v) is 11.8. The van der Waals surface area contributed by atoms with Crippen molar-refractivity contribution < 1.29 is 0 Å². The van der Waals surface area contributed by atoms with E-state index >= 15 is 0 Å². The predicted octanol–water partition coefficient (Wildman–Crippen LogP) is 2.62. The molecule has 2 heterocycles. The van der Waals surface area contributed by atoms with Crippen molar-refractivity contribution in [1.29, 1.82) is 0 Å². The average molecular weight is 259 g/mol. The van der Waals surface area contributed by atoms with E-state index in [0.29, 0.717) is 11.3 Å². The number of fused-ring (bicyclic) bond motifs is 1. The van der Waals surface area contributed by atoms with E-state index < -0.39 is 0 Å². The van der Waals surface area contributed by atoms with E-state index in [2.05, 4.69) is 34.4 Å². The summed E-state index contributed by atoms with van der Waals surface area (Å²) in [6.07, 6.45) is 8.32. The van der Waals surface area contributed by atoms with E-state index in [4.69, 9.17) is 0 Å². The minimum absolute atomic E-state index is 0.459. The Morgan fingerprint density at radius 2 is 2.21 bits per heavy atom. The number of anilines is 2. The van der Waals surface area contributed by atoms with E-state index in [-0.39, 0.29) is 0 Å². The molecule has 0 amide bonds. The zero-order valence-electron chi connectivity index (χ0n) is 11.8. The van der Waals surface area contributed by atoms with Gasteiger partial charge in [-0.1, -0.05) is 13.8 Å². The third kappa shape index (κ3) is 2.13. The van der Waals surface area contributed by atoms with Crippen LogP contribution in [0.15, 0.2) is 18.6 Å². The van der Waals surface area contributed by atoms with E-state index in [1.165, 1.54) is 12.8 Å². The molecule has 0 bridgehead atoms. The van der Waals surface area contributed by atoms with Crippen molar-refractivity contribution in [2.45, 2.75) is 26.7 Å². The van der Waals surface area contributed by atoms with E-state index in [0.717, 1.165) is 23.8 Å². The molecule has 1 aliphatic rings. The molecule has 2 N–H and O–H groups in total. The smallest absolute Gasteiger partial charge is 0.180 e. The lowest BCUT2D eigenvalue weighted by atomic mass is 9.92. The largest absolute Gasteiger partial charge is 0.372 e. The number of nitrogens with one attached hydrogen (secondary N) is 2. The van der Waals surface area contributed by atoms with Crippen molar-refractivity contribution in [3.63, 3.8) is 0 Å². The highest BCUT2D eigenvalue weighted by molar-refractivity contribution is 5.65. The molecule has 0 saturated heterocycles. The van der Waals surface area contributed by atoms with Crippen molar-refractivity contribution in [3.05, 3.63) is 18.6 Å². The maximum atomic E-state index is 4.58. The second kappa shape index (κ2) is 4.40. The Morgan fingerprint density at radius 3 is 2.84 bits per heavy atom. The van der Waals surface area contributed by atoms with Crippen molar-refractivity contribution in [3.8, 4) is 0 Å². The van der Waals surface area contributed by atoms with Gasteiger partial charge in [-0.25, -0.2) is 9.97 Å². The number of aromatic nitrogens is 3. The molecule has 0 unspecified atom stereocenters. The van der Waals surface area contributed by atoms with Crippen LogP contribution in [0.1, 0.15) is 26.7 Å². The van der Waals surface area contributed by atoms with Gasteiger partial charge < -0.3 is 15.0 Å². The molecule has 19 heavy (non-hydrogen) atoms. The van der Waals surface area contributed by atoms with Gasteiger partial charge in [-0.15, -0.1) is 0 Å². The van der Waals surface area contributed by atoms with E-state index in [1.807, 2.05) is 23.8 Å². The average Bonchev–Trinajstić information content (AvgIpc) is 3.06. The summed E-state index contributed by atoms with van der Waals surface area (Å²) >= 11 is 0. The van der Waals surface area contributed by atoms with Crippen LogP contribution in [0.25, 0.3) is 5.65 Å². The number of rotatable bonds is 5. The molecule has 5 nitrogen and oxygen atoms in total. The highest BCUT2D eigenvalue weighted by Gasteiger charge is 2.45. The lowest BCUT2D eigenvalue weighted by Crippen LogP contribution is -2.21. The fourth-order valence-electron chi connectivity index (χ4n) is 2.55. The van der Waals surface area contributed by atoms with Crippen LogP contribution < -0.4 is 10.6 Å². The maximum Gasteiger partial charge on any atom is 0.180 e. The summed E-state index contributed by atoms with van der Waals surface area (Å²) < 4.78 is 2.00. The monoisotopic (exact) mass is 259 g/mol. The van der Waals surface area contributed by atoms with Gasteiger partial charge in [0.25, 0.3) is 0 Å². The summed E-state index contributed by atoms with van der Waals surface area (Å²) in [7, 11) is 1.88. The van der Waals surface area contributed by atoms with Crippen molar-refractivity contribution in [2.24, 2.45) is 11.3 Å². The third-order valence-electron chi connectivity index (χ3n) is 4.36. The minimum Gasteiger partial charge on any atom is -0.372 e. The molecule has 0 aromatic carbocycles. The molecule has 2 aromatic heterocycles. The fraction of sp³-hybridized carbons (Fsp3) is 0.571. The summed E-state index contributed by atoms with van der Waals surface area (Å²) in [4.78, 5) is 8.95. The Kier molecular flexibility index (Phi) is 2.84. The first-order valence-corrected chi connectivity index (χ1v) is 6.90. The minimum atomic E-state index is 0.459. The van der Waals surface area contributed by atoms with Gasteiger partial charge in [0.15, 0.2) is 11.5 Å². The van der Waals surface area contributed by atoms with E-state index in [1.54, 1.807) is 6.20 Å². The first kappa shape index (κ1) is 12.3. The van der Waals surface area contributed by atoms with Gasteiger partial charge in [0, 0.05) is 26.0 Å². The number of imidazole rings is 1. The molecule has 0 atom stereocenters. The summed E-state index contributed by atoms with van der Waals surface area (Å²) in [5.74, 6) is 2.43. The molecule has 1 saturated carbocycles. The molecule has 0 radical (unpaired) electrons. The summed E-state index contributed by atoms with van der Waals surface area (Å²) in [6, 6.07) is 0. The standard InChI is InChI=1S/C14H21N5/c1-10(2)14(4-5-14)9-17-12-13-16-6-7-19(13)8-11(15-3)18-12/h6-8,10,15H,4-5,9H2,1-3H3,(H,17,18). The Balaban J connectivity index is 1.85. The predicted molar refractivity (Wildman–Crippen MR) is 77.5 cm³/mol. The second-order valence-electron chi connectivity index (χ2n) is 5.75. The third-order valence-corrected chi connectivity index (χ3v) is 4.36. The van der Waals surface area contributed by atoms with Crippen LogP contribution in [0.4, 0.5) is 11.6 Å². The molecule has 2 aromatic rings. The normalized spacial score (nSPS) is 16.8. The van der Waals surface area contributed by atoms with Crippen LogP contribution in [0.2, 0.25) is 0 Å². The van der Waals surface area contributed by atoms with Gasteiger partial charge in [-0.3, -0.25) is 0 Å². The summed E-state index contributed by atoms with van der Waals surface area (Å²) in [5, 5.41) is 6.58. The van der Waals surface area contributed by atoms with Gasteiger partial charge in [-0.2, -0.15) is 0 Å². The van der Waals surface area contributed by atoms with Crippen LogP contribution in [-0.4, -0.2) is 28.0 Å². The maximum absolute atomic E-state index is 4.58. The van der Waals surface area contributed by atoms with Gasteiger partial charge in [0.2, 0.25) is 0 Å². The van der Waals surface area contributed by atoms with Crippen molar-refractivity contribution in [1.82, 2.24) is 14.4 Å². The molecule has 102 valence electrons. The van der Waals surface area contributed by atoms with E-state index in [9.17, 15) is 0 Å². The number of hydrogen-bond donors (Lipinski definition) is 2. The highest BCUT2D eigenvalue weighted by Crippen LogP contribution is 2.51. The van der Waals surface area contributed by atoms with Gasteiger partial charge in [-0.05, 0) is 24.2 Å². The molecule has 0 aliphatic heterocycles. The van der Waals surface area contributed by atoms with Gasteiger partial charge >= 0.3 is 0 Å². The summed E-state index contributed by atoms with van der Waals surface area (Å²) in [6.45, 7) is 5.59. The zero-order chi connectivity index (χ0) is 13.5. The Morgan fingerprint density at radius 1 is 1.42 bits per heavy atom. The first-order chi connectivity index (χ1) is 9.14. The molecule has 5 heteroatoms. The molecule has 1 aliphatic carbocycles. The summed E-state index contributed by atoms with van der Waals surface area (Å²) in [5.41, 5.74) is 1.35. The molecule has 0 spiro atoms. The van der Waals surface area contributed by atoms with Crippen LogP contribution >= 0.6 is 0 Å².